The van der Waals surface area contributed by atoms with Gasteiger partial charge in [-0.05, 0) is 41.3 Å². The van der Waals surface area contributed by atoms with E-state index in [1.807, 2.05) is 6.07 Å². The SMILES string of the molecule is CN=C(NCCNC(=O)Cc1cccc(F)c1)NCCc1ccc2c(c1)CCO2.I. The number of nitrogens with zero attached hydrogens (tertiary/aromatic N) is 1. The number of benzene rings is 2. The first kappa shape index (κ1) is 23.9. The van der Waals surface area contributed by atoms with Gasteiger partial charge >= 0.3 is 0 Å². The number of fused-ring (bicyclic) bond motifs is 1. The fourth-order valence-corrected chi connectivity index (χ4v) is 3.22. The van der Waals surface area contributed by atoms with Gasteiger partial charge in [0.1, 0.15) is 11.6 Å². The summed E-state index contributed by atoms with van der Waals surface area (Å²) in [6, 6.07) is 12.4. The molecule has 8 heteroatoms. The Balaban J connectivity index is 0.00000320. The molecule has 0 bridgehead atoms. The van der Waals surface area contributed by atoms with Crippen molar-refractivity contribution in [2.75, 3.05) is 33.3 Å². The van der Waals surface area contributed by atoms with Crippen molar-refractivity contribution in [3.05, 3.63) is 65.0 Å². The van der Waals surface area contributed by atoms with E-state index in [1.165, 1.54) is 23.3 Å². The molecule has 0 spiro atoms. The van der Waals surface area contributed by atoms with E-state index in [-0.39, 0.29) is 42.1 Å². The zero-order valence-corrected chi connectivity index (χ0v) is 19.4. The Bertz CT molecular complexity index is 876. The van der Waals surface area contributed by atoms with E-state index in [0.717, 1.165) is 31.7 Å². The second kappa shape index (κ2) is 12.4. The smallest absolute Gasteiger partial charge is 0.224 e. The highest BCUT2D eigenvalue weighted by molar-refractivity contribution is 14.0. The van der Waals surface area contributed by atoms with Crippen molar-refractivity contribution in [3.63, 3.8) is 0 Å². The van der Waals surface area contributed by atoms with Crippen LogP contribution in [0.5, 0.6) is 5.75 Å². The number of carbonyl (C=O) groups is 1. The van der Waals surface area contributed by atoms with Gasteiger partial charge in [-0.2, -0.15) is 0 Å². The van der Waals surface area contributed by atoms with E-state index in [1.54, 1.807) is 19.2 Å². The molecule has 6 nitrogen and oxygen atoms in total. The fourth-order valence-electron chi connectivity index (χ4n) is 3.22. The molecule has 1 aliphatic rings. The fraction of sp³-hybridized carbons (Fsp3) is 0.364. The van der Waals surface area contributed by atoms with Gasteiger partial charge in [-0.3, -0.25) is 9.79 Å². The average molecular weight is 526 g/mol. The van der Waals surface area contributed by atoms with Crippen LogP contribution in [0.25, 0.3) is 0 Å². The molecule has 0 fully saturated rings. The zero-order chi connectivity index (χ0) is 20.5. The molecule has 0 aromatic heterocycles. The molecule has 162 valence electrons. The quantitative estimate of drug-likeness (QED) is 0.214. The first-order chi connectivity index (χ1) is 14.1. The van der Waals surface area contributed by atoms with Crippen LogP contribution in [-0.4, -0.2) is 45.2 Å². The lowest BCUT2D eigenvalue weighted by atomic mass is 10.1. The highest BCUT2D eigenvalue weighted by Gasteiger charge is 2.11. The number of rotatable bonds is 8. The third-order valence-electron chi connectivity index (χ3n) is 4.68. The minimum atomic E-state index is -0.333. The standard InChI is InChI=1S/C22H27FN4O2.HI/c1-24-22(26-9-7-16-5-6-20-18(13-16)8-12-29-20)27-11-10-25-21(28)15-17-3-2-4-19(23)14-17;/h2-6,13-14H,7-12,15H2,1H3,(H,25,28)(H2,24,26,27);1H. The molecular weight excluding hydrogens is 498 g/mol. The molecule has 2 aromatic carbocycles. The molecule has 0 radical (unpaired) electrons. The number of amides is 1. The van der Waals surface area contributed by atoms with Crippen LogP contribution in [0, 0.1) is 5.82 Å². The number of aliphatic imine (C=N–C) groups is 1. The number of hydrogen-bond donors (Lipinski definition) is 3. The van der Waals surface area contributed by atoms with E-state index in [0.29, 0.717) is 24.6 Å². The summed E-state index contributed by atoms with van der Waals surface area (Å²) in [5.41, 5.74) is 3.20. The van der Waals surface area contributed by atoms with Crippen LogP contribution in [-0.2, 0) is 24.1 Å². The number of nitrogens with one attached hydrogen (secondary N) is 3. The van der Waals surface area contributed by atoms with E-state index in [4.69, 9.17) is 4.74 Å². The van der Waals surface area contributed by atoms with E-state index < -0.39 is 0 Å². The van der Waals surface area contributed by atoms with Gasteiger partial charge in [-0.25, -0.2) is 4.39 Å². The Hall–Kier alpha value is -2.36. The normalized spacial score (nSPS) is 12.4. The van der Waals surface area contributed by atoms with Crippen LogP contribution >= 0.6 is 24.0 Å². The molecule has 30 heavy (non-hydrogen) atoms. The second-order valence-electron chi connectivity index (χ2n) is 6.87. The van der Waals surface area contributed by atoms with Crippen LogP contribution in [0.1, 0.15) is 16.7 Å². The lowest BCUT2D eigenvalue weighted by Crippen LogP contribution is -2.42. The molecule has 3 rings (SSSR count). The van der Waals surface area contributed by atoms with Crippen LogP contribution in [0.3, 0.4) is 0 Å². The number of ether oxygens (including phenoxy) is 1. The van der Waals surface area contributed by atoms with Gasteiger partial charge in [0.2, 0.25) is 5.91 Å². The van der Waals surface area contributed by atoms with Crippen LogP contribution in [0.4, 0.5) is 4.39 Å². The summed E-state index contributed by atoms with van der Waals surface area (Å²) in [6.45, 7) is 2.53. The van der Waals surface area contributed by atoms with Crippen molar-refractivity contribution in [2.24, 2.45) is 4.99 Å². The Kier molecular flexibility index (Phi) is 9.85. The lowest BCUT2D eigenvalue weighted by Gasteiger charge is -2.13. The van der Waals surface area contributed by atoms with Crippen LogP contribution in [0.15, 0.2) is 47.5 Å². The van der Waals surface area contributed by atoms with Crippen molar-refractivity contribution in [1.82, 2.24) is 16.0 Å². The van der Waals surface area contributed by atoms with Gasteiger partial charge < -0.3 is 20.7 Å². The number of guanidine groups is 1. The van der Waals surface area contributed by atoms with Crippen molar-refractivity contribution in [2.45, 2.75) is 19.3 Å². The summed E-state index contributed by atoms with van der Waals surface area (Å²) in [5, 5.41) is 9.26. The van der Waals surface area contributed by atoms with E-state index in [2.05, 4.69) is 33.1 Å². The third-order valence-corrected chi connectivity index (χ3v) is 4.68. The number of hydrogen-bond acceptors (Lipinski definition) is 3. The third kappa shape index (κ3) is 7.47. The highest BCUT2D eigenvalue weighted by Crippen LogP contribution is 2.25. The van der Waals surface area contributed by atoms with Gasteiger partial charge in [-0.15, -0.1) is 24.0 Å². The van der Waals surface area contributed by atoms with Crippen LogP contribution in [0.2, 0.25) is 0 Å². The molecule has 1 amide bonds. The summed E-state index contributed by atoms with van der Waals surface area (Å²) in [5.74, 6) is 1.22. The molecule has 2 aromatic rings. The summed E-state index contributed by atoms with van der Waals surface area (Å²) < 4.78 is 18.7. The van der Waals surface area contributed by atoms with Gasteiger partial charge in [-0.1, -0.05) is 24.3 Å². The minimum Gasteiger partial charge on any atom is -0.493 e. The predicted octanol–water partition coefficient (Wildman–Crippen LogP) is 2.45. The Morgan fingerprint density at radius 2 is 1.87 bits per heavy atom. The average Bonchev–Trinajstić information content (AvgIpc) is 3.17. The van der Waals surface area contributed by atoms with E-state index >= 15 is 0 Å². The largest absolute Gasteiger partial charge is 0.493 e. The Labute approximate surface area is 193 Å². The van der Waals surface area contributed by atoms with Crippen molar-refractivity contribution >= 4 is 35.8 Å². The molecule has 3 N–H and O–H groups in total. The van der Waals surface area contributed by atoms with E-state index in [9.17, 15) is 9.18 Å². The number of carbonyl (C=O) groups excluding carboxylic acids is 1. The maximum Gasteiger partial charge on any atom is 0.224 e. The van der Waals surface area contributed by atoms with Gasteiger partial charge in [0, 0.05) is 33.1 Å². The summed E-state index contributed by atoms with van der Waals surface area (Å²) in [7, 11) is 1.71. The maximum atomic E-state index is 13.2. The highest BCUT2D eigenvalue weighted by atomic mass is 127. The first-order valence-electron chi connectivity index (χ1n) is 9.84. The molecule has 0 atom stereocenters. The second-order valence-corrected chi connectivity index (χ2v) is 6.87. The molecule has 0 aliphatic carbocycles. The summed E-state index contributed by atoms with van der Waals surface area (Å²) in [4.78, 5) is 16.1. The summed E-state index contributed by atoms with van der Waals surface area (Å²) >= 11 is 0. The number of halogens is 2. The lowest BCUT2D eigenvalue weighted by molar-refractivity contribution is -0.120. The molecule has 0 saturated carbocycles. The first-order valence-corrected chi connectivity index (χ1v) is 9.84. The topological polar surface area (TPSA) is 74.8 Å². The van der Waals surface area contributed by atoms with Crippen LogP contribution < -0.4 is 20.7 Å². The predicted molar refractivity (Wildman–Crippen MR) is 127 cm³/mol. The maximum absolute atomic E-state index is 13.2. The van der Waals surface area contributed by atoms with Gasteiger partial charge in [0.05, 0.1) is 13.0 Å². The molecule has 1 heterocycles. The van der Waals surface area contributed by atoms with Crippen molar-refractivity contribution in [1.29, 1.82) is 0 Å². The Morgan fingerprint density at radius 3 is 2.67 bits per heavy atom. The monoisotopic (exact) mass is 526 g/mol. The summed E-state index contributed by atoms with van der Waals surface area (Å²) in [6.07, 6.45) is 2.03. The molecular formula is C22H28FIN4O2. The van der Waals surface area contributed by atoms with Crippen molar-refractivity contribution < 1.29 is 13.9 Å². The molecule has 0 saturated heterocycles. The Morgan fingerprint density at radius 1 is 1.07 bits per heavy atom. The van der Waals surface area contributed by atoms with Crippen molar-refractivity contribution in [3.8, 4) is 5.75 Å². The minimum absolute atomic E-state index is 0. The molecule has 1 aliphatic heterocycles. The van der Waals surface area contributed by atoms with Gasteiger partial charge in [0.15, 0.2) is 5.96 Å². The zero-order valence-electron chi connectivity index (χ0n) is 17.0. The van der Waals surface area contributed by atoms with Gasteiger partial charge in [0.25, 0.3) is 0 Å². The molecule has 0 unspecified atom stereocenters.